The maximum atomic E-state index is 11.7. The van der Waals surface area contributed by atoms with E-state index >= 15 is 0 Å². The van der Waals surface area contributed by atoms with E-state index in [1.54, 1.807) is 7.05 Å². The fraction of sp³-hybridized carbons (Fsp3) is 0.667. The van der Waals surface area contributed by atoms with Crippen LogP contribution in [0.1, 0.15) is 27.2 Å². The third-order valence-electron chi connectivity index (χ3n) is 2.06. The molecule has 0 aromatic heterocycles. The number of carboxylic acids is 1. The molecule has 0 aliphatic heterocycles. The molecule has 0 aliphatic carbocycles. The van der Waals surface area contributed by atoms with E-state index in [2.05, 4.69) is 11.9 Å². The van der Waals surface area contributed by atoms with Crippen molar-refractivity contribution in [1.29, 1.82) is 0 Å². The summed E-state index contributed by atoms with van der Waals surface area (Å²) in [5.41, 5.74) is -0.0246. The zero-order chi connectivity index (χ0) is 13.6. The van der Waals surface area contributed by atoms with Gasteiger partial charge in [0.05, 0.1) is 0 Å². The summed E-state index contributed by atoms with van der Waals surface area (Å²) < 4.78 is 0. The number of amides is 2. The van der Waals surface area contributed by atoms with Crippen LogP contribution in [0.25, 0.3) is 0 Å². The van der Waals surface area contributed by atoms with Crippen LogP contribution in [0, 0.1) is 5.41 Å². The van der Waals surface area contributed by atoms with Gasteiger partial charge in [-0.05, 0) is 11.8 Å². The van der Waals surface area contributed by atoms with Gasteiger partial charge < -0.3 is 15.3 Å². The zero-order valence-corrected chi connectivity index (χ0v) is 11.0. The van der Waals surface area contributed by atoms with Crippen molar-refractivity contribution >= 4 is 12.0 Å². The molecule has 0 spiro atoms. The molecule has 17 heavy (non-hydrogen) atoms. The molecule has 0 aliphatic rings. The van der Waals surface area contributed by atoms with Crippen LogP contribution in [0.5, 0.6) is 0 Å². The maximum Gasteiger partial charge on any atom is 0.326 e. The van der Waals surface area contributed by atoms with Crippen LogP contribution in [-0.4, -0.2) is 41.6 Å². The van der Waals surface area contributed by atoms with Crippen LogP contribution >= 0.6 is 0 Å². The SMILES string of the molecule is C=CCC(NC(=O)N(C)CC(C)(C)C)C(=O)O. The normalized spacial score (nSPS) is 12.7. The molecule has 1 unspecified atom stereocenters. The lowest BCUT2D eigenvalue weighted by atomic mass is 9.96. The van der Waals surface area contributed by atoms with Crippen LogP contribution in [0.15, 0.2) is 12.7 Å². The Kier molecular flexibility index (Phi) is 5.71. The minimum absolute atomic E-state index is 0.0246. The predicted molar refractivity (Wildman–Crippen MR) is 66.9 cm³/mol. The van der Waals surface area contributed by atoms with Gasteiger partial charge >= 0.3 is 12.0 Å². The number of nitrogens with one attached hydrogen (secondary N) is 1. The average molecular weight is 242 g/mol. The van der Waals surface area contributed by atoms with E-state index < -0.39 is 12.0 Å². The van der Waals surface area contributed by atoms with Gasteiger partial charge in [-0.3, -0.25) is 0 Å². The second kappa shape index (κ2) is 6.27. The summed E-state index contributed by atoms with van der Waals surface area (Å²) >= 11 is 0. The molecule has 0 heterocycles. The van der Waals surface area contributed by atoms with E-state index in [0.717, 1.165) is 0 Å². The molecule has 0 radical (unpaired) electrons. The Labute approximate surface area is 102 Å². The fourth-order valence-corrected chi connectivity index (χ4v) is 1.43. The molecule has 0 bridgehead atoms. The Morgan fingerprint density at radius 2 is 2.00 bits per heavy atom. The van der Waals surface area contributed by atoms with Gasteiger partial charge in [0.1, 0.15) is 6.04 Å². The number of carboxylic acid groups (broad SMARTS) is 1. The number of hydrogen-bond acceptors (Lipinski definition) is 2. The van der Waals surface area contributed by atoms with Gasteiger partial charge in [0.25, 0.3) is 0 Å². The summed E-state index contributed by atoms with van der Waals surface area (Å²) in [6.45, 7) is 10.0. The van der Waals surface area contributed by atoms with Crippen molar-refractivity contribution < 1.29 is 14.7 Å². The van der Waals surface area contributed by atoms with Gasteiger partial charge in [0.15, 0.2) is 0 Å². The number of rotatable bonds is 5. The third-order valence-corrected chi connectivity index (χ3v) is 2.06. The topological polar surface area (TPSA) is 69.6 Å². The highest BCUT2D eigenvalue weighted by Gasteiger charge is 2.22. The first kappa shape index (κ1) is 15.5. The summed E-state index contributed by atoms with van der Waals surface area (Å²) in [6, 6.07) is -1.29. The lowest BCUT2D eigenvalue weighted by Crippen LogP contribution is -2.48. The molecule has 2 amide bonds. The van der Waals surface area contributed by atoms with Gasteiger partial charge in [-0.15, -0.1) is 6.58 Å². The van der Waals surface area contributed by atoms with E-state index in [0.29, 0.717) is 6.54 Å². The summed E-state index contributed by atoms with van der Waals surface area (Å²) in [5, 5.41) is 11.3. The molecule has 0 fully saturated rings. The number of carbonyl (C=O) groups excluding carboxylic acids is 1. The minimum atomic E-state index is -1.05. The average Bonchev–Trinajstić information content (AvgIpc) is 2.13. The van der Waals surface area contributed by atoms with E-state index in [1.807, 2.05) is 20.8 Å². The Bertz CT molecular complexity index is 295. The number of urea groups is 1. The number of nitrogens with zero attached hydrogens (tertiary/aromatic N) is 1. The first-order valence-corrected chi connectivity index (χ1v) is 5.52. The maximum absolute atomic E-state index is 11.7. The van der Waals surface area contributed by atoms with Gasteiger partial charge in [-0.25, -0.2) is 9.59 Å². The highest BCUT2D eigenvalue weighted by atomic mass is 16.4. The molecule has 1 atom stereocenters. The Morgan fingerprint density at radius 1 is 1.47 bits per heavy atom. The van der Waals surface area contributed by atoms with Gasteiger partial charge in [0, 0.05) is 13.6 Å². The summed E-state index contributed by atoms with van der Waals surface area (Å²) in [6.07, 6.45) is 1.69. The second-order valence-electron chi connectivity index (χ2n) is 5.28. The number of hydrogen-bond donors (Lipinski definition) is 2. The second-order valence-corrected chi connectivity index (χ2v) is 5.28. The van der Waals surface area contributed by atoms with E-state index in [1.165, 1.54) is 11.0 Å². The van der Waals surface area contributed by atoms with Crippen molar-refractivity contribution in [3.8, 4) is 0 Å². The number of aliphatic carboxylic acids is 1. The Hall–Kier alpha value is -1.52. The predicted octanol–water partition coefficient (Wildman–Crippen LogP) is 1.70. The first-order chi connectivity index (χ1) is 7.67. The standard InChI is InChI=1S/C12H22N2O3/c1-6-7-9(10(15)16)13-11(17)14(5)8-12(2,3)4/h6,9H,1,7-8H2,2-5H3,(H,13,17)(H,15,16). The van der Waals surface area contributed by atoms with Crippen molar-refractivity contribution in [1.82, 2.24) is 10.2 Å². The van der Waals surface area contributed by atoms with Crippen LogP contribution in [0.2, 0.25) is 0 Å². The largest absolute Gasteiger partial charge is 0.480 e. The van der Waals surface area contributed by atoms with Crippen LogP contribution in [-0.2, 0) is 4.79 Å². The van der Waals surface area contributed by atoms with E-state index in [4.69, 9.17) is 5.11 Å². The molecular weight excluding hydrogens is 220 g/mol. The quantitative estimate of drug-likeness (QED) is 0.721. The highest BCUT2D eigenvalue weighted by molar-refractivity contribution is 5.82. The van der Waals surface area contributed by atoms with Gasteiger partial charge in [0.2, 0.25) is 0 Å². The molecule has 5 nitrogen and oxygen atoms in total. The molecule has 0 aromatic carbocycles. The number of carbonyl (C=O) groups is 2. The summed E-state index contributed by atoms with van der Waals surface area (Å²) in [7, 11) is 1.65. The monoisotopic (exact) mass is 242 g/mol. The van der Waals surface area contributed by atoms with E-state index in [-0.39, 0.29) is 17.9 Å². The van der Waals surface area contributed by atoms with Crippen molar-refractivity contribution in [2.45, 2.75) is 33.2 Å². The third kappa shape index (κ3) is 6.60. The molecule has 2 N–H and O–H groups in total. The summed E-state index contributed by atoms with van der Waals surface area (Å²) in [5.74, 6) is -1.05. The van der Waals surface area contributed by atoms with Crippen molar-refractivity contribution in [3.63, 3.8) is 0 Å². The van der Waals surface area contributed by atoms with Crippen molar-refractivity contribution in [2.24, 2.45) is 5.41 Å². The molecule has 0 saturated heterocycles. The lowest BCUT2D eigenvalue weighted by molar-refractivity contribution is -0.139. The van der Waals surface area contributed by atoms with Gasteiger partial charge in [-0.1, -0.05) is 26.8 Å². The van der Waals surface area contributed by atoms with Crippen LogP contribution in [0.3, 0.4) is 0 Å². The minimum Gasteiger partial charge on any atom is -0.480 e. The molecule has 98 valence electrons. The first-order valence-electron chi connectivity index (χ1n) is 5.52. The molecule has 0 rings (SSSR count). The fourth-order valence-electron chi connectivity index (χ4n) is 1.43. The van der Waals surface area contributed by atoms with Crippen LogP contribution in [0.4, 0.5) is 4.79 Å². The Morgan fingerprint density at radius 3 is 2.35 bits per heavy atom. The summed E-state index contributed by atoms with van der Waals surface area (Å²) in [4.78, 5) is 24.1. The molecule has 0 aromatic rings. The lowest BCUT2D eigenvalue weighted by Gasteiger charge is -2.27. The zero-order valence-electron chi connectivity index (χ0n) is 11.0. The molecule has 5 heteroatoms. The van der Waals surface area contributed by atoms with E-state index in [9.17, 15) is 9.59 Å². The highest BCUT2D eigenvalue weighted by Crippen LogP contribution is 2.14. The van der Waals surface area contributed by atoms with Crippen molar-refractivity contribution in [2.75, 3.05) is 13.6 Å². The smallest absolute Gasteiger partial charge is 0.326 e. The van der Waals surface area contributed by atoms with Gasteiger partial charge in [-0.2, -0.15) is 0 Å². The molecular formula is C12H22N2O3. The van der Waals surface area contributed by atoms with Crippen LogP contribution < -0.4 is 5.32 Å². The molecule has 0 saturated carbocycles. The van der Waals surface area contributed by atoms with Crippen molar-refractivity contribution in [3.05, 3.63) is 12.7 Å². The Balaban J connectivity index is 4.40.